The van der Waals surface area contributed by atoms with E-state index in [1.165, 1.54) is 0 Å². The van der Waals surface area contributed by atoms with Gasteiger partial charge in [-0.3, -0.25) is 0 Å². The first-order chi connectivity index (χ1) is 7.24. The molecule has 0 aromatic rings. The van der Waals surface area contributed by atoms with E-state index in [1.54, 1.807) is 0 Å². The highest BCUT2D eigenvalue weighted by Gasteiger charge is 2.41. The van der Waals surface area contributed by atoms with Gasteiger partial charge >= 0.3 is 6.18 Å². The molecule has 1 aliphatic rings. The van der Waals surface area contributed by atoms with E-state index >= 15 is 0 Å². The van der Waals surface area contributed by atoms with Gasteiger partial charge in [0.15, 0.2) is 0 Å². The molecule has 0 bridgehead atoms. The van der Waals surface area contributed by atoms with Gasteiger partial charge in [0.25, 0.3) is 0 Å². The van der Waals surface area contributed by atoms with Crippen LogP contribution in [-0.4, -0.2) is 36.0 Å². The van der Waals surface area contributed by atoms with Gasteiger partial charge in [-0.2, -0.15) is 13.2 Å². The first-order valence-corrected chi connectivity index (χ1v) is 6.72. The Bertz CT molecular complexity index is 220. The standard InChI is InChI=1S/C11H19BrF3N/c1-10(2,7-12)8-16-5-3-9(4-6-16)11(13,14)15/h9H,3-8H2,1-2H3. The predicted octanol–water partition coefficient (Wildman–Crippen LogP) is 3.68. The fourth-order valence-electron chi connectivity index (χ4n) is 2.07. The van der Waals surface area contributed by atoms with E-state index in [9.17, 15) is 13.2 Å². The van der Waals surface area contributed by atoms with Gasteiger partial charge in [-0.15, -0.1) is 0 Å². The van der Waals surface area contributed by atoms with E-state index in [-0.39, 0.29) is 18.3 Å². The van der Waals surface area contributed by atoms with Crippen molar-refractivity contribution >= 4 is 15.9 Å². The third-order valence-electron chi connectivity index (χ3n) is 3.06. The summed E-state index contributed by atoms with van der Waals surface area (Å²) in [6.07, 6.45) is -3.50. The van der Waals surface area contributed by atoms with Crippen molar-refractivity contribution in [2.24, 2.45) is 11.3 Å². The number of likely N-dealkylation sites (tertiary alicyclic amines) is 1. The lowest BCUT2D eigenvalue weighted by atomic mass is 9.92. The molecular formula is C11H19BrF3N. The van der Waals surface area contributed by atoms with Gasteiger partial charge in [-0.1, -0.05) is 29.8 Å². The summed E-state index contributed by atoms with van der Waals surface area (Å²) >= 11 is 3.43. The molecule has 16 heavy (non-hydrogen) atoms. The number of halogens is 4. The summed E-state index contributed by atoms with van der Waals surface area (Å²) in [5.41, 5.74) is 0.130. The van der Waals surface area contributed by atoms with Gasteiger partial charge in [0, 0.05) is 11.9 Å². The maximum atomic E-state index is 12.4. The number of nitrogens with zero attached hydrogens (tertiary/aromatic N) is 1. The summed E-state index contributed by atoms with van der Waals surface area (Å²) in [7, 11) is 0. The molecule has 1 saturated heterocycles. The van der Waals surface area contributed by atoms with Crippen molar-refractivity contribution in [3.05, 3.63) is 0 Å². The third-order valence-corrected chi connectivity index (χ3v) is 4.58. The van der Waals surface area contributed by atoms with Crippen molar-refractivity contribution in [3.8, 4) is 0 Å². The van der Waals surface area contributed by atoms with E-state index < -0.39 is 12.1 Å². The summed E-state index contributed by atoms with van der Waals surface area (Å²) in [6, 6.07) is 0. The van der Waals surface area contributed by atoms with Crippen molar-refractivity contribution in [2.75, 3.05) is 25.0 Å². The van der Waals surface area contributed by atoms with E-state index in [4.69, 9.17) is 0 Å². The minimum atomic E-state index is -4.00. The van der Waals surface area contributed by atoms with Crippen LogP contribution in [0.4, 0.5) is 13.2 Å². The summed E-state index contributed by atoms with van der Waals surface area (Å²) in [5.74, 6) is -1.09. The van der Waals surface area contributed by atoms with Crippen molar-refractivity contribution in [1.29, 1.82) is 0 Å². The molecule has 0 atom stereocenters. The molecule has 1 aliphatic heterocycles. The molecule has 0 N–H and O–H groups in total. The zero-order valence-corrected chi connectivity index (χ0v) is 11.4. The molecule has 0 unspecified atom stereocenters. The number of piperidine rings is 1. The van der Waals surface area contributed by atoms with Crippen molar-refractivity contribution < 1.29 is 13.2 Å². The Morgan fingerprint density at radius 3 is 2.06 bits per heavy atom. The molecule has 5 heteroatoms. The average molecular weight is 302 g/mol. The minimum Gasteiger partial charge on any atom is -0.303 e. The maximum Gasteiger partial charge on any atom is 0.391 e. The van der Waals surface area contributed by atoms with Crippen LogP contribution < -0.4 is 0 Å². The molecular weight excluding hydrogens is 283 g/mol. The molecule has 0 aromatic carbocycles. The Balaban J connectivity index is 2.38. The lowest BCUT2D eigenvalue weighted by molar-refractivity contribution is -0.185. The molecule has 96 valence electrons. The molecule has 0 aliphatic carbocycles. The normalized spacial score (nSPS) is 21.4. The van der Waals surface area contributed by atoms with Crippen LogP contribution in [0, 0.1) is 11.3 Å². The van der Waals surface area contributed by atoms with E-state index in [2.05, 4.69) is 34.7 Å². The Hall–Kier alpha value is 0.230. The molecule has 1 heterocycles. The average Bonchev–Trinajstić information content (AvgIpc) is 2.16. The first-order valence-electron chi connectivity index (χ1n) is 5.60. The van der Waals surface area contributed by atoms with Gasteiger partial charge in [0.05, 0.1) is 5.92 Å². The molecule has 0 aromatic heterocycles. The van der Waals surface area contributed by atoms with E-state index in [1.807, 2.05) is 0 Å². The van der Waals surface area contributed by atoms with Crippen LogP contribution >= 0.6 is 15.9 Å². The Kier molecular flexibility index (Phi) is 4.69. The summed E-state index contributed by atoms with van der Waals surface area (Å²) in [4.78, 5) is 2.14. The van der Waals surface area contributed by atoms with Crippen molar-refractivity contribution in [3.63, 3.8) is 0 Å². The maximum absolute atomic E-state index is 12.4. The second-order valence-corrected chi connectivity index (χ2v) is 5.95. The van der Waals surface area contributed by atoms with E-state index in [0.717, 1.165) is 11.9 Å². The van der Waals surface area contributed by atoms with E-state index in [0.29, 0.717) is 13.1 Å². The predicted molar refractivity (Wildman–Crippen MR) is 62.8 cm³/mol. The topological polar surface area (TPSA) is 3.24 Å². The number of hydrogen-bond acceptors (Lipinski definition) is 1. The number of alkyl halides is 4. The smallest absolute Gasteiger partial charge is 0.303 e. The van der Waals surface area contributed by atoms with Crippen molar-refractivity contribution in [2.45, 2.75) is 32.9 Å². The summed E-state index contributed by atoms with van der Waals surface area (Å²) < 4.78 is 37.3. The fraction of sp³-hybridized carbons (Fsp3) is 1.00. The highest BCUT2D eigenvalue weighted by atomic mass is 79.9. The zero-order chi connectivity index (χ0) is 12.4. The molecule has 0 saturated carbocycles. The largest absolute Gasteiger partial charge is 0.391 e. The van der Waals surface area contributed by atoms with Crippen molar-refractivity contribution in [1.82, 2.24) is 4.90 Å². The van der Waals surface area contributed by atoms with Crippen LogP contribution in [0.25, 0.3) is 0 Å². The summed E-state index contributed by atoms with van der Waals surface area (Å²) in [6.45, 7) is 6.25. The number of hydrogen-bond donors (Lipinski definition) is 0. The molecule has 0 amide bonds. The van der Waals surface area contributed by atoms with Crippen LogP contribution in [0.3, 0.4) is 0 Å². The number of rotatable bonds is 3. The fourth-order valence-corrected chi connectivity index (χ4v) is 2.24. The lowest BCUT2D eigenvalue weighted by Crippen LogP contribution is -2.43. The van der Waals surface area contributed by atoms with Gasteiger partial charge in [0.2, 0.25) is 0 Å². The SMILES string of the molecule is CC(C)(CBr)CN1CCC(C(F)(F)F)CC1. The summed E-state index contributed by atoms with van der Waals surface area (Å²) in [5, 5.41) is 0.874. The molecule has 1 fully saturated rings. The van der Waals surface area contributed by atoms with Crippen LogP contribution in [-0.2, 0) is 0 Å². The van der Waals surface area contributed by atoms with Gasteiger partial charge in [-0.25, -0.2) is 0 Å². The van der Waals surface area contributed by atoms with Crippen LogP contribution in [0.2, 0.25) is 0 Å². The molecule has 1 nitrogen and oxygen atoms in total. The Morgan fingerprint density at radius 1 is 1.19 bits per heavy atom. The minimum absolute atomic E-state index is 0.130. The lowest BCUT2D eigenvalue weighted by Gasteiger charge is -2.37. The molecule has 0 radical (unpaired) electrons. The third kappa shape index (κ3) is 4.24. The highest BCUT2D eigenvalue weighted by molar-refractivity contribution is 9.09. The Labute approximate surface area is 104 Å². The molecule has 1 rings (SSSR count). The quantitative estimate of drug-likeness (QED) is 0.719. The first kappa shape index (κ1) is 14.3. The zero-order valence-electron chi connectivity index (χ0n) is 9.78. The molecule has 0 spiro atoms. The van der Waals surface area contributed by atoms with Gasteiger partial charge in [0.1, 0.15) is 0 Å². The second kappa shape index (κ2) is 5.25. The Morgan fingerprint density at radius 2 is 1.69 bits per heavy atom. The monoisotopic (exact) mass is 301 g/mol. The van der Waals surface area contributed by atoms with Gasteiger partial charge in [-0.05, 0) is 31.3 Å². The van der Waals surface area contributed by atoms with Crippen LogP contribution in [0.5, 0.6) is 0 Å². The van der Waals surface area contributed by atoms with Crippen LogP contribution in [0.15, 0.2) is 0 Å². The van der Waals surface area contributed by atoms with Gasteiger partial charge < -0.3 is 4.90 Å². The second-order valence-electron chi connectivity index (χ2n) is 5.39. The highest BCUT2D eigenvalue weighted by Crippen LogP contribution is 2.34. The van der Waals surface area contributed by atoms with Crippen LogP contribution in [0.1, 0.15) is 26.7 Å².